The van der Waals surface area contributed by atoms with Gasteiger partial charge in [0, 0.05) is 30.5 Å². The van der Waals surface area contributed by atoms with Crippen LogP contribution in [0.4, 0.5) is 5.69 Å². The SMILES string of the molecule is CCN(CC)c1ccc(C(=O)NNC(=O)COC(=O)c2cnc(C)cn2)cc1. The number of nitrogens with zero attached hydrogens (tertiary/aromatic N) is 3. The van der Waals surface area contributed by atoms with Crippen molar-refractivity contribution in [2.75, 3.05) is 24.6 Å². The summed E-state index contributed by atoms with van der Waals surface area (Å²) in [6.45, 7) is 7.01. The first-order valence-electron chi connectivity index (χ1n) is 8.84. The van der Waals surface area contributed by atoms with Gasteiger partial charge in [-0.25, -0.2) is 9.78 Å². The highest BCUT2D eigenvalue weighted by atomic mass is 16.5. The average Bonchev–Trinajstić information content (AvgIpc) is 2.72. The maximum atomic E-state index is 12.1. The summed E-state index contributed by atoms with van der Waals surface area (Å²) >= 11 is 0. The van der Waals surface area contributed by atoms with Crippen LogP contribution in [0.1, 0.15) is 40.4 Å². The monoisotopic (exact) mass is 385 g/mol. The van der Waals surface area contributed by atoms with E-state index in [2.05, 4.69) is 39.6 Å². The van der Waals surface area contributed by atoms with E-state index in [-0.39, 0.29) is 5.69 Å². The van der Waals surface area contributed by atoms with E-state index in [9.17, 15) is 14.4 Å². The average molecular weight is 385 g/mol. The minimum atomic E-state index is -0.777. The molecule has 148 valence electrons. The molecular formula is C19H23N5O4. The minimum Gasteiger partial charge on any atom is -0.451 e. The Hall–Kier alpha value is -3.49. The van der Waals surface area contributed by atoms with Crippen LogP contribution < -0.4 is 15.8 Å². The van der Waals surface area contributed by atoms with Crippen molar-refractivity contribution in [2.45, 2.75) is 20.8 Å². The number of amides is 2. The fourth-order valence-corrected chi connectivity index (χ4v) is 2.35. The molecule has 2 N–H and O–H groups in total. The lowest BCUT2D eigenvalue weighted by Gasteiger charge is -2.21. The second kappa shape index (κ2) is 10.0. The third-order valence-electron chi connectivity index (χ3n) is 3.90. The summed E-state index contributed by atoms with van der Waals surface area (Å²) in [7, 11) is 0. The van der Waals surface area contributed by atoms with Gasteiger partial charge in [0.25, 0.3) is 11.8 Å². The number of aryl methyl sites for hydroxylation is 1. The van der Waals surface area contributed by atoms with Crippen molar-refractivity contribution in [1.29, 1.82) is 0 Å². The van der Waals surface area contributed by atoms with Crippen molar-refractivity contribution in [3.05, 3.63) is 53.6 Å². The number of nitrogens with one attached hydrogen (secondary N) is 2. The van der Waals surface area contributed by atoms with Gasteiger partial charge in [-0.2, -0.15) is 0 Å². The number of hydrazine groups is 1. The number of esters is 1. The Morgan fingerprint density at radius 2 is 1.68 bits per heavy atom. The fourth-order valence-electron chi connectivity index (χ4n) is 2.35. The minimum absolute atomic E-state index is 0.00396. The van der Waals surface area contributed by atoms with Gasteiger partial charge in [0.1, 0.15) is 0 Å². The molecule has 0 aliphatic rings. The Bertz CT molecular complexity index is 817. The van der Waals surface area contributed by atoms with Gasteiger partial charge in [-0.1, -0.05) is 0 Å². The first-order chi connectivity index (χ1) is 13.4. The van der Waals surface area contributed by atoms with Crippen molar-refractivity contribution < 1.29 is 19.1 Å². The zero-order chi connectivity index (χ0) is 20.5. The number of ether oxygens (including phenoxy) is 1. The quantitative estimate of drug-likeness (QED) is 0.545. The normalized spacial score (nSPS) is 10.1. The van der Waals surface area contributed by atoms with Crippen molar-refractivity contribution in [3.63, 3.8) is 0 Å². The number of hydrogen-bond donors (Lipinski definition) is 2. The standard InChI is InChI=1S/C19H23N5O4/c1-4-24(5-2)15-8-6-14(7-9-15)18(26)23-22-17(25)12-28-19(27)16-11-20-13(3)10-21-16/h6-11H,4-5,12H2,1-3H3,(H,22,25)(H,23,26). The number of carbonyl (C=O) groups excluding carboxylic acids is 3. The lowest BCUT2D eigenvalue weighted by molar-refractivity contribution is -0.125. The van der Waals surface area contributed by atoms with Crippen LogP contribution in [-0.2, 0) is 9.53 Å². The predicted molar refractivity (Wildman–Crippen MR) is 103 cm³/mol. The van der Waals surface area contributed by atoms with Gasteiger partial charge < -0.3 is 9.64 Å². The number of benzene rings is 1. The molecule has 1 heterocycles. The van der Waals surface area contributed by atoms with Crippen molar-refractivity contribution in [3.8, 4) is 0 Å². The Labute approximate surface area is 163 Å². The highest BCUT2D eigenvalue weighted by Crippen LogP contribution is 2.14. The summed E-state index contributed by atoms with van der Waals surface area (Å²) in [6.07, 6.45) is 2.68. The molecule has 0 spiro atoms. The first kappa shape index (κ1) is 20.8. The van der Waals surface area contributed by atoms with Crippen LogP contribution in [0.5, 0.6) is 0 Å². The number of hydrogen-bond acceptors (Lipinski definition) is 7. The molecule has 1 aromatic carbocycles. The predicted octanol–water partition coefficient (Wildman–Crippen LogP) is 1.25. The maximum absolute atomic E-state index is 12.1. The molecule has 2 amide bonds. The van der Waals surface area contributed by atoms with Crippen molar-refractivity contribution in [2.24, 2.45) is 0 Å². The number of carbonyl (C=O) groups is 3. The van der Waals surface area contributed by atoms with E-state index in [1.165, 1.54) is 12.4 Å². The third kappa shape index (κ3) is 5.76. The smallest absolute Gasteiger partial charge is 0.359 e. The zero-order valence-electron chi connectivity index (χ0n) is 16.1. The summed E-state index contributed by atoms with van der Waals surface area (Å²) in [6, 6.07) is 7.03. The highest BCUT2D eigenvalue weighted by Gasteiger charge is 2.13. The van der Waals surface area contributed by atoms with E-state index < -0.39 is 24.4 Å². The van der Waals surface area contributed by atoms with Gasteiger partial charge in [0.15, 0.2) is 12.3 Å². The molecule has 0 atom stereocenters. The van der Waals surface area contributed by atoms with Gasteiger partial charge in [0.05, 0.1) is 11.9 Å². The van der Waals surface area contributed by atoms with E-state index >= 15 is 0 Å². The van der Waals surface area contributed by atoms with E-state index in [4.69, 9.17) is 4.74 Å². The zero-order valence-corrected chi connectivity index (χ0v) is 16.1. The lowest BCUT2D eigenvalue weighted by Crippen LogP contribution is -2.43. The van der Waals surface area contributed by atoms with E-state index in [1.54, 1.807) is 19.1 Å². The van der Waals surface area contributed by atoms with Gasteiger partial charge in [-0.3, -0.25) is 25.4 Å². The van der Waals surface area contributed by atoms with Gasteiger partial charge in [0.2, 0.25) is 0 Å². The summed E-state index contributed by atoms with van der Waals surface area (Å²) < 4.78 is 4.82. The highest BCUT2D eigenvalue weighted by molar-refractivity contribution is 5.96. The summed E-state index contributed by atoms with van der Waals surface area (Å²) in [5.74, 6) is -1.93. The van der Waals surface area contributed by atoms with E-state index in [0.29, 0.717) is 11.3 Å². The number of anilines is 1. The van der Waals surface area contributed by atoms with Crippen molar-refractivity contribution in [1.82, 2.24) is 20.8 Å². The molecule has 9 heteroatoms. The van der Waals surface area contributed by atoms with Crippen molar-refractivity contribution >= 4 is 23.5 Å². The molecule has 28 heavy (non-hydrogen) atoms. The van der Waals surface area contributed by atoms with Gasteiger partial charge in [-0.15, -0.1) is 0 Å². The van der Waals surface area contributed by atoms with Gasteiger partial charge >= 0.3 is 5.97 Å². The van der Waals surface area contributed by atoms with Crippen LogP contribution in [-0.4, -0.2) is 47.4 Å². The molecule has 0 unspecified atom stereocenters. The lowest BCUT2D eigenvalue weighted by atomic mass is 10.2. The van der Waals surface area contributed by atoms with Crippen LogP contribution in [0.3, 0.4) is 0 Å². The molecule has 0 saturated carbocycles. The first-order valence-corrected chi connectivity index (χ1v) is 8.84. The Morgan fingerprint density at radius 1 is 1.00 bits per heavy atom. The van der Waals surface area contributed by atoms with Crippen LogP contribution in [0.25, 0.3) is 0 Å². The molecule has 0 aliphatic heterocycles. The molecule has 0 radical (unpaired) electrons. The van der Waals surface area contributed by atoms with Crippen LogP contribution >= 0.6 is 0 Å². The maximum Gasteiger partial charge on any atom is 0.359 e. The fraction of sp³-hybridized carbons (Fsp3) is 0.316. The molecule has 0 bridgehead atoms. The second-order valence-corrected chi connectivity index (χ2v) is 5.84. The summed E-state index contributed by atoms with van der Waals surface area (Å²) in [5, 5.41) is 0. The van der Waals surface area contributed by atoms with Crippen LogP contribution in [0.2, 0.25) is 0 Å². The number of aromatic nitrogens is 2. The molecule has 1 aromatic heterocycles. The van der Waals surface area contributed by atoms with Crippen LogP contribution in [0, 0.1) is 6.92 Å². The second-order valence-electron chi connectivity index (χ2n) is 5.84. The Balaban J connectivity index is 1.79. The van der Waals surface area contributed by atoms with Gasteiger partial charge in [-0.05, 0) is 45.0 Å². The van der Waals surface area contributed by atoms with Crippen LogP contribution in [0.15, 0.2) is 36.7 Å². The molecule has 0 fully saturated rings. The summed E-state index contributed by atoms with van der Waals surface area (Å²) in [5.41, 5.74) is 6.52. The summed E-state index contributed by atoms with van der Waals surface area (Å²) in [4.78, 5) is 45.5. The topological polar surface area (TPSA) is 114 Å². The molecule has 2 aromatic rings. The Morgan fingerprint density at radius 3 is 2.25 bits per heavy atom. The number of rotatable bonds is 7. The van der Waals surface area contributed by atoms with E-state index in [1.807, 2.05) is 12.1 Å². The molecule has 2 rings (SSSR count). The molecule has 9 nitrogen and oxygen atoms in total. The molecule has 0 aliphatic carbocycles. The third-order valence-corrected chi connectivity index (χ3v) is 3.90. The largest absolute Gasteiger partial charge is 0.451 e. The molecular weight excluding hydrogens is 362 g/mol. The molecule has 0 saturated heterocycles. The Kier molecular flexibility index (Phi) is 7.44. The van der Waals surface area contributed by atoms with E-state index in [0.717, 1.165) is 18.8 Å².